The summed E-state index contributed by atoms with van der Waals surface area (Å²) in [5.41, 5.74) is 0. The summed E-state index contributed by atoms with van der Waals surface area (Å²) in [6.45, 7) is 9.05. The molecule has 64 heavy (non-hydrogen) atoms. The molecule has 0 spiro atoms. The number of carbonyl (C=O) groups is 3. The molecule has 0 saturated heterocycles. The maximum Gasteiger partial charge on any atom is 0.306 e. The van der Waals surface area contributed by atoms with Crippen LogP contribution in [0.4, 0.5) is 0 Å². The zero-order valence-corrected chi connectivity index (χ0v) is 43.8. The number of hydrogen-bond acceptors (Lipinski definition) is 6. The van der Waals surface area contributed by atoms with Crippen LogP contribution in [0.5, 0.6) is 0 Å². The predicted octanol–water partition coefficient (Wildman–Crippen LogP) is 19.0. The van der Waals surface area contributed by atoms with Gasteiger partial charge in [-0.1, -0.05) is 291 Å². The van der Waals surface area contributed by atoms with Crippen LogP contribution >= 0.6 is 0 Å². The third-order valence-electron chi connectivity index (χ3n) is 13.3. The number of esters is 3. The zero-order valence-electron chi connectivity index (χ0n) is 43.8. The largest absolute Gasteiger partial charge is 0.462 e. The monoisotopic (exact) mass is 905 g/mol. The van der Waals surface area contributed by atoms with Gasteiger partial charge in [0.1, 0.15) is 13.2 Å². The smallest absolute Gasteiger partial charge is 0.306 e. The minimum Gasteiger partial charge on any atom is -0.462 e. The van der Waals surface area contributed by atoms with Crippen LogP contribution in [0.25, 0.3) is 0 Å². The Kier molecular flexibility index (Phi) is 51.1. The molecular weight excluding hydrogens is 793 g/mol. The van der Waals surface area contributed by atoms with Crippen LogP contribution in [0.3, 0.4) is 0 Å². The number of carbonyl (C=O) groups excluding carboxylic acids is 3. The summed E-state index contributed by atoms with van der Waals surface area (Å²) in [4.78, 5) is 38.1. The quantitative estimate of drug-likeness (QED) is 0.0344. The molecule has 6 heteroatoms. The molecule has 0 aromatic heterocycles. The topological polar surface area (TPSA) is 78.9 Å². The number of hydrogen-bond donors (Lipinski definition) is 0. The summed E-state index contributed by atoms with van der Waals surface area (Å²) in [6, 6.07) is 0. The minimum absolute atomic E-state index is 0.0619. The first-order valence-electron chi connectivity index (χ1n) is 28.9. The van der Waals surface area contributed by atoms with E-state index in [1.165, 1.54) is 225 Å². The lowest BCUT2D eigenvalue weighted by Gasteiger charge is -2.18. The molecule has 0 rings (SSSR count). The van der Waals surface area contributed by atoms with E-state index in [9.17, 15) is 14.4 Å². The van der Waals surface area contributed by atoms with Crippen LogP contribution < -0.4 is 0 Å². The van der Waals surface area contributed by atoms with Crippen LogP contribution in [0, 0.1) is 5.92 Å². The lowest BCUT2D eigenvalue weighted by atomic mass is 10.0. The minimum atomic E-state index is -0.761. The molecule has 0 aliphatic rings. The maximum absolute atomic E-state index is 12.8. The highest BCUT2D eigenvalue weighted by Crippen LogP contribution is 2.18. The molecule has 0 aliphatic carbocycles. The Hall–Kier alpha value is -1.59. The lowest BCUT2D eigenvalue weighted by Crippen LogP contribution is -2.30. The SMILES string of the molecule is CCCCCCCCCCCCCCCCCCCCCC(=O)OC[C@@H](COC(=O)CCCCCCCCCCCCC)OC(=O)CCCCCCCCCCCCCCCC(C)C. The molecule has 0 radical (unpaired) electrons. The first-order valence-corrected chi connectivity index (χ1v) is 28.9. The van der Waals surface area contributed by atoms with Gasteiger partial charge in [-0.2, -0.15) is 0 Å². The third kappa shape index (κ3) is 51.4. The summed E-state index contributed by atoms with van der Waals surface area (Å²) in [5.74, 6) is 0.00108. The molecule has 0 fully saturated rings. The Morgan fingerprint density at radius 1 is 0.297 bits per heavy atom. The van der Waals surface area contributed by atoms with Gasteiger partial charge in [-0.15, -0.1) is 0 Å². The molecule has 0 heterocycles. The van der Waals surface area contributed by atoms with E-state index in [-0.39, 0.29) is 31.1 Å². The number of unbranched alkanes of at least 4 members (excludes halogenated alkanes) is 40. The highest BCUT2D eigenvalue weighted by molar-refractivity contribution is 5.71. The molecule has 1 atom stereocenters. The third-order valence-corrected chi connectivity index (χ3v) is 13.3. The fourth-order valence-electron chi connectivity index (χ4n) is 8.92. The van der Waals surface area contributed by atoms with Gasteiger partial charge < -0.3 is 14.2 Å². The molecule has 0 aliphatic heterocycles. The molecule has 0 bridgehead atoms. The van der Waals surface area contributed by atoms with Crippen molar-refractivity contribution in [2.45, 2.75) is 336 Å². The van der Waals surface area contributed by atoms with Crippen molar-refractivity contribution >= 4 is 17.9 Å². The van der Waals surface area contributed by atoms with Gasteiger partial charge in [0.2, 0.25) is 0 Å². The van der Waals surface area contributed by atoms with Gasteiger partial charge in [0, 0.05) is 19.3 Å². The second-order valence-corrected chi connectivity index (χ2v) is 20.4. The van der Waals surface area contributed by atoms with E-state index in [4.69, 9.17) is 14.2 Å². The van der Waals surface area contributed by atoms with Crippen molar-refractivity contribution in [3.8, 4) is 0 Å². The second-order valence-electron chi connectivity index (χ2n) is 20.4. The van der Waals surface area contributed by atoms with E-state index in [1.807, 2.05) is 0 Å². The fraction of sp³-hybridized carbons (Fsp3) is 0.948. The van der Waals surface area contributed by atoms with Gasteiger partial charge in [0.15, 0.2) is 6.10 Å². The molecule has 0 amide bonds. The molecular formula is C58H112O6. The molecule has 0 unspecified atom stereocenters. The van der Waals surface area contributed by atoms with Crippen LogP contribution in [-0.4, -0.2) is 37.2 Å². The van der Waals surface area contributed by atoms with Gasteiger partial charge >= 0.3 is 17.9 Å². The van der Waals surface area contributed by atoms with Crippen LogP contribution in [0.1, 0.15) is 329 Å². The average Bonchev–Trinajstić information content (AvgIpc) is 3.28. The summed E-state index contributed by atoms with van der Waals surface area (Å²) in [6.07, 6.45) is 56.7. The first-order chi connectivity index (χ1) is 31.4. The predicted molar refractivity (Wildman–Crippen MR) is 275 cm³/mol. The summed E-state index contributed by atoms with van der Waals surface area (Å²) in [7, 11) is 0. The fourth-order valence-corrected chi connectivity index (χ4v) is 8.92. The Bertz CT molecular complexity index is 964. The van der Waals surface area contributed by atoms with Gasteiger partial charge in [-0.3, -0.25) is 14.4 Å². The summed E-state index contributed by atoms with van der Waals surface area (Å²) in [5, 5.41) is 0. The van der Waals surface area contributed by atoms with E-state index in [1.54, 1.807) is 0 Å². The van der Waals surface area contributed by atoms with Crippen molar-refractivity contribution in [2.24, 2.45) is 5.92 Å². The summed E-state index contributed by atoms with van der Waals surface area (Å²) >= 11 is 0. The Morgan fingerprint density at radius 3 is 0.766 bits per heavy atom. The standard InChI is InChI=1S/C58H112O6/c1-5-7-9-11-13-15-17-18-19-20-21-22-23-26-30-34-38-42-46-50-57(60)63-53-55(52-62-56(59)49-45-41-37-33-28-16-14-12-10-8-6-2)64-58(61)51-47-43-39-35-31-27-24-25-29-32-36-40-44-48-54(3)4/h54-55H,5-53H2,1-4H3/t55-/m1/s1. The van der Waals surface area contributed by atoms with E-state index >= 15 is 0 Å². The van der Waals surface area contributed by atoms with E-state index in [0.717, 1.165) is 63.7 Å². The Balaban J connectivity index is 4.25. The Labute approximate surface area is 399 Å². The van der Waals surface area contributed by atoms with Crippen LogP contribution in [-0.2, 0) is 28.6 Å². The normalized spacial score (nSPS) is 12.0. The molecule has 0 aromatic carbocycles. The van der Waals surface area contributed by atoms with Crippen LogP contribution in [0.2, 0.25) is 0 Å². The van der Waals surface area contributed by atoms with Crippen molar-refractivity contribution in [3.63, 3.8) is 0 Å². The second kappa shape index (κ2) is 52.4. The number of ether oxygens (including phenoxy) is 3. The molecule has 380 valence electrons. The van der Waals surface area contributed by atoms with Crippen molar-refractivity contribution in [1.29, 1.82) is 0 Å². The van der Waals surface area contributed by atoms with E-state index < -0.39 is 6.10 Å². The van der Waals surface area contributed by atoms with Crippen molar-refractivity contribution in [3.05, 3.63) is 0 Å². The lowest BCUT2D eigenvalue weighted by molar-refractivity contribution is -0.167. The van der Waals surface area contributed by atoms with Gasteiger partial charge in [0.05, 0.1) is 0 Å². The molecule has 0 N–H and O–H groups in total. The molecule has 0 saturated carbocycles. The van der Waals surface area contributed by atoms with Gasteiger partial charge in [0.25, 0.3) is 0 Å². The highest BCUT2D eigenvalue weighted by atomic mass is 16.6. The first kappa shape index (κ1) is 62.4. The van der Waals surface area contributed by atoms with Crippen molar-refractivity contribution in [2.75, 3.05) is 13.2 Å². The van der Waals surface area contributed by atoms with Crippen molar-refractivity contribution in [1.82, 2.24) is 0 Å². The van der Waals surface area contributed by atoms with Crippen molar-refractivity contribution < 1.29 is 28.6 Å². The van der Waals surface area contributed by atoms with E-state index in [0.29, 0.717) is 19.3 Å². The molecule has 0 aromatic rings. The van der Waals surface area contributed by atoms with E-state index in [2.05, 4.69) is 27.7 Å². The van der Waals surface area contributed by atoms with Gasteiger partial charge in [-0.05, 0) is 25.2 Å². The Morgan fingerprint density at radius 2 is 0.516 bits per heavy atom. The average molecular weight is 906 g/mol. The van der Waals surface area contributed by atoms with Crippen LogP contribution in [0.15, 0.2) is 0 Å². The zero-order chi connectivity index (χ0) is 46.7. The number of rotatable bonds is 53. The van der Waals surface area contributed by atoms with Gasteiger partial charge in [-0.25, -0.2) is 0 Å². The highest BCUT2D eigenvalue weighted by Gasteiger charge is 2.19. The maximum atomic E-state index is 12.8. The molecule has 6 nitrogen and oxygen atoms in total. The summed E-state index contributed by atoms with van der Waals surface area (Å²) < 4.78 is 16.9.